The fourth-order valence-electron chi connectivity index (χ4n) is 0.698. The van der Waals surface area contributed by atoms with Gasteiger partial charge in [-0.3, -0.25) is 10.1 Å². The van der Waals surface area contributed by atoms with Gasteiger partial charge in [0.05, 0.1) is 18.1 Å². The van der Waals surface area contributed by atoms with Crippen molar-refractivity contribution in [2.75, 3.05) is 7.11 Å². The molecule has 1 aromatic heterocycles. The summed E-state index contributed by atoms with van der Waals surface area (Å²) >= 11 is 5.50. The van der Waals surface area contributed by atoms with E-state index < -0.39 is 4.92 Å². The Hall–Kier alpha value is -1.21. The van der Waals surface area contributed by atoms with Gasteiger partial charge in [-0.05, 0) is 12.2 Å². The standard InChI is InChI=1S/C6H5NO4S2/c1-11-6(12)5-3(8)2-4(13-5)7(9)10/h2,8H,1H3. The molecule has 1 N–H and O–H groups in total. The van der Waals surface area contributed by atoms with E-state index in [1.54, 1.807) is 0 Å². The van der Waals surface area contributed by atoms with Gasteiger partial charge in [-0.25, -0.2) is 0 Å². The molecule has 7 heteroatoms. The van der Waals surface area contributed by atoms with Crippen molar-refractivity contribution in [3.8, 4) is 5.75 Å². The van der Waals surface area contributed by atoms with Crippen molar-refractivity contribution >= 4 is 33.6 Å². The van der Waals surface area contributed by atoms with E-state index in [1.807, 2.05) is 0 Å². The summed E-state index contributed by atoms with van der Waals surface area (Å²) in [4.78, 5) is 9.92. The molecule has 1 rings (SSSR count). The van der Waals surface area contributed by atoms with Crippen LogP contribution in [0.2, 0.25) is 0 Å². The van der Waals surface area contributed by atoms with E-state index in [0.29, 0.717) is 0 Å². The van der Waals surface area contributed by atoms with Gasteiger partial charge in [-0.15, -0.1) is 0 Å². The summed E-state index contributed by atoms with van der Waals surface area (Å²) in [6.45, 7) is 0. The summed E-state index contributed by atoms with van der Waals surface area (Å²) in [7, 11) is 1.34. The number of rotatable bonds is 2. The first-order chi connectivity index (χ1) is 6.06. The van der Waals surface area contributed by atoms with E-state index in [0.717, 1.165) is 17.4 Å². The van der Waals surface area contributed by atoms with Gasteiger partial charge >= 0.3 is 5.00 Å². The van der Waals surface area contributed by atoms with Crippen LogP contribution in [0.1, 0.15) is 4.88 Å². The average Bonchev–Trinajstić information content (AvgIpc) is 2.46. The zero-order valence-corrected chi connectivity index (χ0v) is 8.15. The van der Waals surface area contributed by atoms with Crippen LogP contribution in [-0.2, 0) is 4.74 Å². The topological polar surface area (TPSA) is 72.6 Å². The van der Waals surface area contributed by atoms with Crippen LogP contribution >= 0.6 is 23.6 Å². The maximum absolute atomic E-state index is 10.3. The fraction of sp³-hybridized carbons (Fsp3) is 0.167. The SMILES string of the molecule is COC(=S)c1sc([N+](=O)[O-])cc1O. The number of hydrogen-bond acceptors (Lipinski definition) is 6. The number of thiocarbonyl (C=S) groups is 1. The lowest BCUT2D eigenvalue weighted by Gasteiger charge is -1.96. The van der Waals surface area contributed by atoms with Crippen LogP contribution in [0.4, 0.5) is 5.00 Å². The number of nitrogens with zero attached hydrogens (tertiary/aromatic N) is 1. The minimum atomic E-state index is -0.591. The van der Waals surface area contributed by atoms with Crippen LogP contribution in [0.5, 0.6) is 5.75 Å². The molecule has 0 aromatic carbocycles. The van der Waals surface area contributed by atoms with E-state index in [4.69, 9.17) is 12.2 Å². The fourth-order valence-corrected chi connectivity index (χ4v) is 1.71. The van der Waals surface area contributed by atoms with Crippen molar-refractivity contribution < 1.29 is 14.8 Å². The zero-order chi connectivity index (χ0) is 10.0. The Morgan fingerprint density at radius 3 is 2.85 bits per heavy atom. The van der Waals surface area contributed by atoms with Crippen molar-refractivity contribution in [3.05, 3.63) is 21.1 Å². The third kappa shape index (κ3) is 1.93. The van der Waals surface area contributed by atoms with E-state index in [-0.39, 0.29) is 20.7 Å². The molecule has 0 spiro atoms. The van der Waals surface area contributed by atoms with Crippen LogP contribution in [0.3, 0.4) is 0 Å². The van der Waals surface area contributed by atoms with Crippen molar-refractivity contribution in [1.29, 1.82) is 0 Å². The molecular formula is C6H5NO4S2. The van der Waals surface area contributed by atoms with Crippen LogP contribution in [-0.4, -0.2) is 22.2 Å². The molecular weight excluding hydrogens is 214 g/mol. The highest BCUT2D eigenvalue weighted by atomic mass is 32.1. The Bertz CT molecular complexity index is 360. The lowest BCUT2D eigenvalue weighted by Crippen LogP contribution is -1.95. The van der Waals surface area contributed by atoms with Crippen molar-refractivity contribution in [2.24, 2.45) is 0 Å². The highest BCUT2D eigenvalue weighted by Gasteiger charge is 2.19. The molecule has 0 saturated heterocycles. The van der Waals surface area contributed by atoms with Gasteiger partial charge in [-0.1, -0.05) is 11.3 Å². The molecule has 70 valence electrons. The summed E-state index contributed by atoms with van der Waals surface area (Å²) in [5.74, 6) is -0.219. The van der Waals surface area contributed by atoms with Crippen LogP contribution in [0.25, 0.3) is 0 Å². The molecule has 1 aromatic rings. The minimum Gasteiger partial charge on any atom is -0.506 e. The maximum Gasteiger partial charge on any atom is 0.328 e. The Morgan fingerprint density at radius 1 is 1.85 bits per heavy atom. The second kappa shape index (κ2) is 3.67. The van der Waals surface area contributed by atoms with Gasteiger partial charge in [0, 0.05) is 0 Å². The number of methoxy groups -OCH3 is 1. The zero-order valence-electron chi connectivity index (χ0n) is 6.51. The van der Waals surface area contributed by atoms with E-state index in [1.165, 1.54) is 7.11 Å². The number of aromatic hydroxyl groups is 1. The molecule has 0 aliphatic heterocycles. The molecule has 0 bridgehead atoms. The monoisotopic (exact) mass is 219 g/mol. The Balaban J connectivity index is 3.10. The highest BCUT2D eigenvalue weighted by molar-refractivity contribution is 7.80. The molecule has 0 aliphatic rings. The third-order valence-electron chi connectivity index (χ3n) is 1.25. The maximum atomic E-state index is 10.3. The van der Waals surface area contributed by atoms with Crippen LogP contribution < -0.4 is 0 Å². The van der Waals surface area contributed by atoms with E-state index in [9.17, 15) is 15.2 Å². The van der Waals surface area contributed by atoms with Gasteiger partial charge in [0.25, 0.3) is 0 Å². The number of thiophene rings is 1. The first-order valence-electron chi connectivity index (χ1n) is 3.11. The summed E-state index contributed by atoms with van der Waals surface area (Å²) in [5, 5.41) is 19.4. The Morgan fingerprint density at radius 2 is 2.46 bits per heavy atom. The van der Waals surface area contributed by atoms with Gasteiger partial charge in [-0.2, -0.15) is 0 Å². The quantitative estimate of drug-likeness (QED) is 0.465. The molecule has 0 atom stereocenters. The Kier molecular flexibility index (Phi) is 2.79. The third-order valence-corrected chi connectivity index (χ3v) is 2.82. The molecule has 0 unspecified atom stereocenters. The molecule has 5 nitrogen and oxygen atoms in total. The van der Waals surface area contributed by atoms with Crippen molar-refractivity contribution in [3.63, 3.8) is 0 Å². The first-order valence-corrected chi connectivity index (χ1v) is 4.34. The first kappa shape index (κ1) is 9.87. The number of ether oxygens (including phenoxy) is 1. The summed E-state index contributed by atoms with van der Waals surface area (Å²) < 4.78 is 4.67. The lowest BCUT2D eigenvalue weighted by molar-refractivity contribution is -0.380. The molecule has 0 saturated carbocycles. The van der Waals surface area contributed by atoms with Crippen LogP contribution in [0.15, 0.2) is 6.07 Å². The van der Waals surface area contributed by atoms with Crippen molar-refractivity contribution in [1.82, 2.24) is 0 Å². The van der Waals surface area contributed by atoms with Gasteiger partial charge in [0.15, 0.2) is 0 Å². The normalized spacial score (nSPS) is 9.62. The summed E-state index contributed by atoms with van der Waals surface area (Å²) in [6.07, 6.45) is 0. The molecule has 0 fully saturated rings. The lowest BCUT2D eigenvalue weighted by atomic mass is 10.4. The molecule has 0 aliphatic carbocycles. The molecule has 13 heavy (non-hydrogen) atoms. The number of hydrogen-bond donors (Lipinski definition) is 1. The average molecular weight is 219 g/mol. The van der Waals surface area contributed by atoms with E-state index >= 15 is 0 Å². The van der Waals surface area contributed by atoms with Gasteiger partial charge < -0.3 is 9.84 Å². The Labute approximate surface area is 82.7 Å². The van der Waals surface area contributed by atoms with Gasteiger partial charge in [0.1, 0.15) is 10.6 Å². The molecule has 0 radical (unpaired) electrons. The van der Waals surface area contributed by atoms with E-state index in [2.05, 4.69) is 4.74 Å². The summed E-state index contributed by atoms with van der Waals surface area (Å²) in [6, 6.07) is 1.05. The predicted molar refractivity (Wildman–Crippen MR) is 51.3 cm³/mol. The smallest absolute Gasteiger partial charge is 0.328 e. The second-order valence-corrected chi connectivity index (χ2v) is 3.45. The molecule has 0 amide bonds. The predicted octanol–water partition coefficient (Wildman–Crippen LogP) is 1.68. The summed E-state index contributed by atoms with van der Waals surface area (Å²) in [5.41, 5.74) is 0. The van der Waals surface area contributed by atoms with Gasteiger partial charge in [0.2, 0.25) is 5.05 Å². The highest BCUT2D eigenvalue weighted by Crippen LogP contribution is 2.34. The second-order valence-electron chi connectivity index (χ2n) is 2.05. The van der Waals surface area contributed by atoms with Crippen molar-refractivity contribution in [2.45, 2.75) is 0 Å². The number of nitro groups is 1. The largest absolute Gasteiger partial charge is 0.506 e. The molecule has 1 heterocycles. The van der Waals surface area contributed by atoms with Crippen LogP contribution in [0, 0.1) is 10.1 Å². The minimum absolute atomic E-state index is 0.0515.